The molecule has 2 unspecified atom stereocenters. The number of nitrogens with zero attached hydrogens (tertiary/aromatic N) is 2. The Morgan fingerprint density at radius 2 is 2.00 bits per heavy atom. The van der Waals surface area contributed by atoms with E-state index in [9.17, 15) is 9.59 Å². The second-order valence-electron chi connectivity index (χ2n) is 5.26. The van der Waals surface area contributed by atoms with Crippen LogP contribution in [-0.2, 0) is 4.79 Å². The molecule has 0 aromatic heterocycles. The molecule has 1 aliphatic carbocycles. The van der Waals surface area contributed by atoms with Crippen LogP contribution in [0.2, 0.25) is 0 Å². The number of hydrogen-bond acceptors (Lipinski definition) is 3. The van der Waals surface area contributed by atoms with Crippen molar-refractivity contribution in [1.29, 1.82) is 0 Å². The Hall–Kier alpha value is -1.30. The third-order valence-electron chi connectivity index (χ3n) is 3.77. The molecule has 2 fully saturated rings. The van der Waals surface area contributed by atoms with Crippen LogP contribution in [0.3, 0.4) is 0 Å². The fraction of sp³-hybridized carbons (Fsp3) is 0.833. The molecule has 0 bridgehead atoms. The summed E-state index contributed by atoms with van der Waals surface area (Å²) in [5.74, 6) is -1.32. The molecule has 1 saturated heterocycles. The molecule has 1 aliphatic heterocycles. The smallest absolute Gasteiger partial charge is 0.320 e. The lowest BCUT2D eigenvalue weighted by molar-refractivity contribution is -0.142. The number of likely N-dealkylation sites (tertiary alicyclic amines) is 1. The Bertz CT molecular complexity index is 343. The fourth-order valence-electron chi connectivity index (χ4n) is 2.55. The maximum absolute atomic E-state index is 12.3. The summed E-state index contributed by atoms with van der Waals surface area (Å²) in [6.07, 6.45) is 1.97. The number of amides is 2. The van der Waals surface area contributed by atoms with Crippen LogP contribution in [0, 0.1) is 11.8 Å². The summed E-state index contributed by atoms with van der Waals surface area (Å²) in [5, 5.41) is 18.0. The van der Waals surface area contributed by atoms with E-state index in [1.54, 1.807) is 9.80 Å². The van der Waals surface area contributed by atoms with Crippen LogP contribution in [0.25, 0.3) is 0 Å². The summed E-state index contributed by atoms with van der Waals surface area (Å²) >= 11 is 0. The summed E-state index contributed by atoms with van der Waals surface area (Å²) in [4.78, 5) is 26.6. The number of hydrogen-bond donors (Lipinski definition) is 2. The van der Waals surface area contributed by atoms with Crippen LogP contribution in [-0.4, -0.2) is 64.3 Å². The van der Waals surface area contributed by atoms with Crippen molar-refractivity contribution in [2.24, 2.45) is 11.8 Å². The third-order valence-corrected chi connectivity index (χ3v) is 3.77. The van der Waals surface area contributed by atoms with E-state index in [1.807, 2.05) is 6.92 Å². The first kappa shape index (κ1) is 13.1. The molecule has 2 N–H and O–H groups in total. The van der Waals surface area contributed by atoms with Gasteiger partial charge in [-0.2, -0.15) is 0 Å². The van der Waals surface area contributed by atoms with Crippen LogP contribution in [0.4, 0.5) is 4.79 Å². The summed E-state index contributed by atoms with van der Waals surface area (Å²) in [7, 11) is 0. The molecule has 0 aromatic carbocycles. The van der Waals surface area contributed by atoms with Gasteiger partial charge in [-0.3, -0.25) is 4.79 Å². The lowest BCUT2D eigenvalue weighted by atomic mass is 9.99. The summed E-state index contributed by atoms with van der Waals surface area (Å²) in [5.41, 5.74) is 0. The Morgan fingerprint density at radius 3 is 2.44 bits per heavy atom. The topological polar surface area (TPSA) is 81.1 Å². The maximum atomic E-state index is 12.3. The van der Waals surface area contributed by atoms with Gasteiger partial charge in [-0.05, 0) is 18.8 Å². The molecule has 0 aromatic rings. The first-order valence-corrected chi connectivity index (χ1v) is 6.43. The second kappa shape index (κ2) is 5.14. The van der Waals surface area contributed by atoms with Crippen LogP contribution in [0.5, 0.6) is 0 Å². The van der Waals surface area contributed by atoms with Crippen LogP contribution < -0.4 is 0 Å². The van der Waals surface area contributed by atoms with Crippen molar-refractivity contribution in [1.82, 2.24) is 9.80 Å². The number of rotatable bonds is 4. The maximum Gasteiger partial charge on any atom is 0.320 e. The molecule has 1 heterocycles. The number of urea groups is 1. The molecule has 18 heavy (non-hydrogen) atoms. The molecule has 2 aliphatic rings. The molecular formula is C12H20N2O4. The van der Waals surface area contributed by atoms with Crippen LogP contribution >= 0.6 is 0 Å². The molecule has 2 amide bonds. The van der Waals surface area contributed by atoms with Gasteiger partial charge in [0, 0.05) is 25.7 Å². The average molecular weight is 256 g/mol. The molecule has 2 atom stereocenters. The zero-order chi connectivity index (χ0) is 13.3. The minimum atomic E-state index is -0.835. The highest BCUT2D eigenvalue weighted by atomic mass is 16.4. The molecule has 6 heteroatoms. The Morgan fingerprint density at radius 1 is 1.33 bits per heavy atom. The first-order valence-electron chi connectivity index (χ1n) is 6.43. The highest BCUT2D eigenvalue weighted by Gasteiger charge is 2.41. The number of aliphatic hydroxyl groups is 1. The van der Waals surface area contributed by atoms with Crippen LogP contribution in [0.1, 0.15) is 19.8 Å². The number of carboxylic acids is 1. The van der Waals surface area contributed by atoms with E-state index >= 15 is 0 Å². The number of carboxylic acid groups (broad SMARTS) is 1. The van der Waals surface area contributed by atoms with Gasteiger partial charge in [0.15, 0.2) is 0 Å². The van der Waals surface area contributed by atoms with Gasteiger partial charge < -0.3 is 20.0 Å². The number of aliphatic carboxylic acids is 1. The van der Waals surface area contributed by atoms with Gasteiger partial charge in [-0.25, -0.2) is 4.79 Å². The quantitative estimate of drug-likeness (QED) is 0.753. The fourth-order valence-corrected chi connectivity index (χ4v) is 2.55. The molecule has 2 rings (SSSR count). The van der Waals surface area contributed by atoms with E-state index in [2.05, 4.69) is 0 Å². The van der Waals surface area contributed by atoms with Gasteiger partial charge in [0.05, 0.1) is 12.5 Å². The zero-order valence-electron chi connectivity index (χ0n) is 10.6. The summed E-state index contributed by atoms with van der Waals surface area (Å²) in [6, 6.07) is 0.117. The highest BCUT2D eigenvalue weighted by Crippen LogP contribution is 2.30. The predicted molar refractivity (Wildman–Crippen MR) is 64.1 cm³/mol. The standard InChI is InChI=1S/C12H20N2O4/c1-8-6-13(7-10(8)11(16)17)12(18)14(4-5-15)9-2-3-9/h8-10,15H,2-7H2,1H3,(H,16,17). The van der Waals surface area contributed by atoms with Gasteiger partial charge in [-0.1, -0.05) is 6.92 Å². The molecule has 0 radical (unpaired) electrons. The highest BCUT2D eigenvalue weighted by molar-refractivity contribution is 5.78. The van der Waals surface area contributed by atoms with E-state index in [0.29, 0.717) is 13.1 Å². The molecular weight excluding hydrogens is 236 g/mol. The Kier molecular flexibility index (Phi) is 3.75. The van der Waals surface area contributed by atoms with E-state index in [4.69, 9.17) is 10.2 Å². The van der Waals surface area contributed by atoms with Gasteiger partial charge in [0.2, 0.25) is 0 Å². The van der Waals surface area contributed by atoms with Crippen molar-refractivity contribution < 1.29 is 19.8 Å². The van der Waals surface area contributed by atoms with Gasteiger partial charge in [0.1, 0.15) is 0 Å². The number of aliphatic hydroxyl groups excluding tert-OH is 1. The van der Waals surface area contributed by atoms with Gasteiger partial charge in [-0.15, -0.1) is 0 Å². The predicted octanol–water partition coefficient (Wildman–Crippen LogP) is 0.216. The largest absolute Gasteiger partial charge is 0.481 e. The SMILES string of the molecule is CC1CN(C(=O)N(CCO)C2CC2)CC1C(=O)O. The van der Waals surface area contributed by atoms with E-state index in [1.165, 1.54) is 0 Å². The molecule has 0 spiro atoms. The van der Waals surface area contributed by atoms with Crippen LogP contribution in [0.15, 0.2) is 0 Å². The lowest BCUT2D eigenvalue weighted by Crippen LogP contribution is -2.45. The van der Waals surface area contributed by atoms with Crippen molar-refractivity contribution in [2.75, 3.05) is 26.2 Å². The average Bonchev–Trinajstić information content (AvgIpc) is 3.07. The first-order chi connectivity index (χ1) is 8.54. The van der Waals surface area contributed by atoms with Crippen molar-refractivity contribution in [3.05, 3.63) is 0 Å². The second-order valence-corrected chi connectivity index (χ2v) is 5.26. The van der Waals surface area contributed by atoms with Crippen molar-refractivity contribution >= 4 is 12.0 Å². The minimum Gasteiger partial charge on any atom is -0.481 e. The van der Waals surface area contributed by atoms with Crippen molar-refractivity contribution in [3.63, 3.8) is 0 Å². The van der Waals surface area contributed by atoms with Crippen molar-refractivity contribution in [3.8, 4) is 0 Å². The van der Waals surface area contributed by atoms with Crippen molar-refractivity contribution in [2.45, 2.75) is 25.8 Å². The third kappa shape index (κ3) is 2.58. The molecule has 6 nitrogen and oxygen atoms in total. The zero-order valence-corrected chi connectivity index (χ0v) is 10.6. The summed E-state index contributed by atoms with van der Waals surface area (Å²) in [6.45, 7) is 2.92. The van der Waals surface area contributed by atoms with E-state index < -0.39 is 11.9 Å². The van der Waals surface area contributed by atoms with E-state index in [-0.39, 0.29) is 31.1 Å². The number of carbonyl (C=O) groups excluding carboxylic acids is 1. The minimum absolute atomic E-state index is 0.0124. The summed E-state index contributed by atoms with van der Waals surface area (Å²) < 4.78 is 0. The van der Waals surface area contributed by atoms with Gasteiger partial charge >= 0.3 is 12.0 Å². The Balaban J connectivity index is 1.98. The van der Waals surface area contributed by atoms with Gasteiger partial charge in [0.25, 0.3) is 0 Å². The Labute approximate surface area is 106 Å². The molecule has 1 saturated carbocycles. The monoisotopic (exact) mass is 256 g/mol. The normalized spacial score (nSPS) is 27.3. The number of carbonyl (C=O) groups is 2. The molecule has 102 valence electrons. The lowest BCUT2D eigenvalue weighted by Gasteiger charge is -2.27. The van der Waals surface area contributed by atoms with E-state index in [0.717, 1.165) is 12.8 Å².